The maximum absolute atomic E-state index is 13.5. The third-order valence-electron chi connectivity index (χ3n) is 4.40. The average Bonchev–Trinajstić information content (AvgIpc) is 3.16. The van der Waals surface area contributed by atoms with Crippen LogP contribution in [0.3, 0.4) is 0 Å². The van der Waals surface area contributed by atoms with Gasteiger partial charge in [-0.25, -0.2) is 15.0 Å². The highest BCUT2D eigenvalue weighted by atomic mass is 19.4. The summed E-state index contributed by atoms with van der Waals surface area (Å²) in [6.07, 6.45) is -5.55. The molecule has 1 aliphatic heterocycles. The van der Waals surface area contributed by atoms with Crippen molar-refractivity contribution in [3.05, 3.63) is 44.1 Å². The van der Waals surface area contributed by atoms with Gasteiger partial charge in [-0.1, -0.05) is 13.8 Å². The van der Waals surface area contributed by atoms with Gasteiger partial charge in [0.15, 0.2) is 0 Å². The smallest absolute Gasteiger partial charge is 0.426 e. The third-order valence-corrected chi connectivity index (χ3v) is 4.40. The van der Waals surface area contributed by atoms with Crippen LogP contribution in [0.4, 0.5) is 18.0 Å². The molecule has 1 amide bonds. The van der Waals surface area contributed by atoms with Crippen LogP contribution in [-0.2, 0) is 15.7 Å². The van der Waals surface area contributed by atoms with Crippen LogP contribution in [0.25, 0.3) is 10.9 Å². The summed E-state index contributed by atoms with van der Waals surface area (Å²) in [6, 6.07) is 1.78. The number of aromatic nitrogens is 2. The molecule has 11 heteroatoms. The quantitative estimate of drug-likeness (QED) is 0.800. The number of benzene rings is 1. The summed E-state index contributed by atoms with van der Waals surface area (Å²) in [5.41, 5.74) is -1.51. The fourth-order valence-electron chi connectivity index (χ4n) is 3.08. The highest BCUT2D eigenvalue weighted by molar-refractivity contribution is 5.81. The van der Waals surface area contributed by atoms with Crippen LogP contribution in [0.2, 0.25) is 0 Å². The van der Waals surface area contributed by atoms with Gasteiger partial charge in [0.1, 0.15) is 0 Å². The summed E-state index contributed by atoms with van der Waals surface area (Å²) in [6.45, 7) is 3.98. The van der Waals surface area contributed by atoms with Crippen LogP contribution in [0, 0.1) is 5.92 Å². The Bertz CT molecular complexity index is 1040. The number of amides is 1. The molecule has 2 aromatic rings. The van der Waals surface area contributed by atoms with Crippen molar-refractivity contribution in [3.8, 4) is 0 Å². The number of fused-ring (bicyclic) bond motifs is 1. The lowest BCUT2D eigenvalue weighted by Crippen LogP contribution is -2.44. The van der Waals surface area contributed by atoms with E-state index in [1.807, 2.05) is 5.43 Å². The summed E-state index contributed by atoms with van der Waals surface area (Å²) >= 11 is 0. The lowest BCUT2D eigenvalue weighted by Gasteiger charge is -2.18. The van der Waals surface area contributed by atoms with E-state index in [0.29, 0.717) is 24.1 Å². The number of rotatable bonds is 4. The van der Waals surface area contributed by atoms with E-state index >= 15 is 0 Å². The van der Waals surface area contributed by atoms with Gasteiger partial charge < -0.3 is 14.5 Å². The zero-order valence-electron chi connectivity index (χ0n) is 15.8. The van der Waals surface area contributed by atoms with E-state index in [1.165, 1.54) is 0 Å². The summed E-state index contributed by atoms with van der Waals surface area (Å²) < 4.78 is 51.2. The van der Waals surface area contributed by atoms with Crippen molar-refractivity contribution in [2.75, 3.05) is 18.6 Å². The highest BCUT2D eigenvalue weighted by Gasteiger charge is 2.37. The minimum atomic E-state index is -4.69. The number of carbonyl (C=O) groups excluding carboxylic acids is 1. The Labute approximate surface area is 162 Å². The van der Waals surface area contributed by atoms with E-state index in [9.17, 15) is 27.6 Å². The Morgan fingerprint density at radius 3 is 2.69 bits per heavy atom. The summed E-state index contributed by atoms with van der Waals surface area (Å²) in [5, 5.41) is -0.188. The van der Waals surface area contributed by atoms with E-state index in [0.717, 1.165) is 12.1 Å². The normalized spacial score (nSPS) is 17.1. The first kappa shape index (κ1) is 20.9. The molecule has 3 rings (SSSR count). The number of nitrogens with one attached hydrogen (secondary N) is 2. The first-order valence-corrected chi connectivity index (χ1v) is 9.03. The number of H-pyrrole nitrogens is 1. The van der Waals surface area contributed by atoms with Crippen molar-refractivity contribution in [1.82, 2.24) is 9.66 Å². The fourth-order valence-corrected chi connectivity index (χ4v) is 3.08. The maximum atomic E-state index is 13.5. The van der Waals surface area contributed by atoms with Gasteiger partial charge in [0.2, 0.25) is 0 Å². The number of hydrogen-bond acceptors (Lipinski definition) is 5. The van der Waals surface area contributed by atoms with Gasteiger partial charge in [0.05, 0.1) is 29.2 Å². The molecule has 0 spiro atoms. The molecule has 8 nitrogen and oxygen atoms in total. The first-order chi connectivity index (χ1) is 13.6. The SMILES string of the molecule is CC(C)COC(=O)Nn1c(=O)[nH]c2cc(C(F)(F)F)c([C@H]3CCCO3)cc2c1=O. The number of aromatic amines is 1. The minimum Gasteiger partial charge on any atom is -0.448 e. The molecule has 1 aromatic heterocycles. The molecule has 158 valence electrons. The lowest BCUT2D eigenvalue weighted by atomic mass is 9.97. The average molecular weight is 415 g/mol. The molecule has 1 aromatic carbocycles. The molecule has 2 N–H and O–H groups in total. The van der Waals surface area contributed by atoms with Crippen LogP contribution in [-0.4, -0.2) is 29.0 Å². The zero-order chi connectivity index (χ0) is 21.3. The number of ether oxygens (including phenoxy) is 2. The highest BCUT2D eigenvalue weighted by Crippen LogP contribution is 2.40. The van der Waals surface area contributed by atoms with E-state index in [-0.39, 0.29) is 29.0 Å². The van der Waals surface area contributed by atoms with Crippen molar-refractivity contribution in [2.45, 2.75) is 39.0 Å². The minimum absolute atomic E-state index is 0.0297. The summed E-state index contributed by atoms with van der Waals surface area (Å²) in [4.78, 5) is 38.9. The van der Waals surface area contributed by atoms with Gasteiger partial charge in [-0.15, -0.1) is 0 Å². The van der Waals surface area contributed by atoms with Crippen molar-refractivity contribution in [3.63, 3.8) is 0 Å². The molecule has 1 aliphatic rings. The molecule has 1 fully saturated rings. The molecular weight excluding hydrogens is 395 g/mol. The second kappa shape index (κ2) is 7.90. The molecule has 2 heterocycles. The van der Waals surface area contributed by atoms with Crippen molar-refractivity contribution < 1.29 is 27.4 Å². The molecular formula is C18H20F3N3O5. The second-order valence-electron chi connectivity index (χ2n) is 7.16. The molecule has 0 radical (unpaired) electrons. The Balaban J connectivity index is 2.10. The largest absolute Gasteiger partial charge is 0.448 e. The van der Waals surface area contributed by atoms with E-state index < -0.39 is 35.2 Å². The van der Waals surface area contributed by atoms with Gasteiger partial charge in [-0.2, -0.15) is 17.8 Å². The standard InChI is InChI=1S/C18H20F3N3O5/c1-9(2)8-29-17(27)23-24-15(25)11-6-10(14-4-3-5-28-14)12(18(19,20)21)7-13(11)22-16(24)26/h6-7,9,14H,3-5,8H2,1-2H3,(H,22,26)(H,23,27)/t14-/m1/s1. The van der Waals surface area contributed by atoms with Crippen LogP contribution in [0.15, 0.2) is 21.7 Å². The molecule has 0 unspecified atom stereocenters. The topological polar surface area (TPSA) is 102 Å². The van der Waals surface area contributed by atoms with Crippen LogP contribution in [0.5, 0.6) is 0 Å². The van der Waals surface area contributed by atoms with Gasteiger partial charge >= 0.3 is 18.0 Å². The Morgan fingerprint density at radius 2 is 2.10 bits per heavy atom. The number of alkyl halides is 3. The molecule has 0 aliphatic carbocycles. The Morgan fingerprint density at radius 1 is 1.38 bits per heavy atom. The Kier molecular flexibility index (Phi) is 5.69. The fraction of sp³-hybridized carbons (Fsp3) is 0.500. The van der Waals surface area contributed by atoms with Gasteiger partial charge in [-0.05, 0) is 36.5 Å². The van der Waals surface area contributed by atoms with Gasteiger partial charge in [0.25, 0.3) is 5.56 Å². The Hall–Kier alpha value is -2.82. The molecule has 1 saturated heterocycles. The van der Waals surface area contributed by atoms with E-state index in [4.69, 9.17) is 9.47 Å². The van der Waals surface area contributed by atoms with Crippen LogP contribution in [0.1, 0.15) is 43.9 Å². The number of nitrogens with zero attached hydrogens (tertiary/aromatic N) is 1. The summed E-state index contributed by atoms with van der Waals surface area (Å²) in [7, 11) is 0. The first-order valence-electron chi connectivity index (χ1n) is 9.03. The van der Waals surface area contributed by atoms with Crippen molar-refractivity contribution in [1.29, 1.82) is 0 Å². The maximum Gasteiger partial charge on any atom is 0.426 e. The monoisotopic (exact) mass is 415 g/mol. The van der Waals surface area contributed by atoms with E-state index in [1.54, 1.807) is 13.8 Å². The molecule has 0 bridgehead atoms. The zero-order valence-corrected chi connectivity index (χ0v) is 15.8. The van der Waals surface area contributed by atoms with Crippen molar-refractivity contribution >= 4 is 17.0 Å². The predicted molar refractivity (Wildman–Crippen MR) is 97.3 cm³/mol. The van der Waals surface area contributed by atoms with Crippen molar-refractivity contribution in [2.24, 2.45) is 5.92 Å². The number of carbonyl (C=O) groups is 1. The molecule has 0 saturated carbocycles. The van der Waals surface area contributed by atoms with Gasteiger partial charge in [-0.3, -0.25) is 4.79 Å². The summed E-state index contributed by atoms with van der Waals surface area (Å²) in [5.74, 6) is 0.0297. The third kappa shape index (κ3) is 4.44. The molecule has 1 atom stereocenters. The lowest BCUT2D eigenvalue weighted by molar-refractivity contribution is -0.139. The van der Waals surface area contributed by atoms with Gasteiger partial charge in [0, 0.05) is 6.61 Å². The van der Waals surface area contributed by atoms with E-state index in [2.05, 4.69) is 4.98 Å². The molecule has 29 heavy (non-hydrogen) atoms. The predicted octanol–water partition coefficient (Wildman–Crippen LogP) is 2.90. The van der Waals surface area contributed by atoms with Crippen LogP contribution < -0.4 is 16.7 Å². The second-order valence-corrected chi connectivity index (χ2v) is 7.16. The number of hydrogen-bond donors (Lipinski definition) is 2. The number of halogens is 3. The van der Waals surface area contributed by atoms with Crippen LogP contribution >= 0.6 is 0 Å².